The Morgan fingerprint density at radius 2 is 1.96 bits per heavy atom. The Hall–Kier alpha value is -3.23. The zero-order valence-corrected chi connectivity index (χ0v) is 14.5. The first kappa shape index (κ1) is 17.2. The molecule has 1 saturated heterocycles. The Morgan fingerprint density at radius 1 is 1.26 bits per heavy atom. The smallest absolute Gasteiger partial charge is 0.329 e. The summed E-state index contributed by atoms with van der Waals surface area (Å²) in [4.78, 5) is 38.4. The number of rotatable bonds is 5. The summed E-state index contributed by atoms with van der Waals surface area (Å²) in [5.74, 6) is -1.47. The fourth-order valence-corrected chi connectivity index (χ4v) is 3.38. The Balaban J connectivity index is 1.38. The van der Waals surface area contributed by atoms with Crippen molar-refractivity contribution >= 4 is 17.8 Å². The molecule has 0 bridgehead atoms. The van der Waals surface area contributed by atoms with E-state index in [1.807, 2.05) is 12.2 Å². The zero-order chi connectivity index (χ0) is 19.0. The second kappa shape index (κ2) is 6.82. The van der Waals surface area contributed by atoms with E-state index in [1.54, 1.807) is 12.1 Å². The molecule has 1 aliphatic carbocycles. The number of furan rings is 1. The van der Waals surface area contributed by atoms with Crippen molar-refractivity contribution in [1.82, 2.24) is 15.1 Å². The number of amides is 2. The first-order valence-electron chi connectivity index (χ1n) is 8.61. The number of allylic oxidation sites excluding steroid dienone is 2. The van der Waals surface area contributed by atoms with Crippen LogP contribution >= 0.6 is 0 Å². The van der Waals surface area contributed by atoms with Gasteiger partial charge in [0.25, 0.3) is 11.8 Å². The molecule has 9 heteroatoms. The van der Waals surface area contributed by atoms with Crippen LogP contribution in [0, 0.1) is 11.8 Å². The van der Waals surface area contributed by atoms with E-state index >= 15 is 0 Å². The number of fused-ring (bicyclic) bond motifs is 1. The monoisotopic (exact) mass is 371 g/mol. The highest BCUT2D eigenvalue weighted by molar-refractivity contribution is 6.08. The molecule has 3 heterocycles. The molecule has 2 amide bonds. The number of nitrogens with zero attached hydrogens (tertiary/aromatic N) is 3. The predicted octanol–water partition coefficient (Wildman–Crippen LogP) is 1.71. The van der Waals surface area contributed by atoms with Crippen molar-refractivity contribution in [3.63, 3.8) is 0 Å². The Morgan fingerprint density at radius 3 is 2.59 bits per heavy atom. The fraction of sp³-hybridized carbons (Fsp3) is 0.389. The van der Waals surface area contributed by atoms with E-state index in [9.17, 15) is 14.4 Å². The highest BCUT2D eigenvalue weighted by Gasteiger charge is 2.50. The van der Waals surface area contributed by atoms with Crippen molar-refractivity contribution in [3.8, 4) is 11.7 Å². The summed E-state index contributed by atoms with van der Waals surface area (Å²) in [6.07, 6.45) is 6.30. The van der Waals surface area contributed by atoms with Crippen LogP contribution in [-0.4, -0.2) is 38.9 Å². The molecule has 1 aliphatic heterocycles. The first-order valence-corrected chi connectivity index (χ1v) is 8.61. The topological polar surface area (TPSA) is 116 Å². The van der Waals surface area contributed by atoms with Gasteiger partial charge in [0.15, 0.2) is 12.4 Å². The second-order valence-electron chi connectivity index (χ2n) is 6.46. The van der Waals surface area contributed by atoms with E-state index in [2.05, 4.69) is 10.2 Å². The molecular weight excluding hydrogens is 354 g/mol. The van der Waals surface area contributed by atoms with Crippen LogP contribution in [0.2, 0.25) is 0 Å². The quantitative estimate of drug-likeness (QED) is 0.443. The SMILES string of the molecule is C[C@@H](C(=O)OCc1nnc(-c2ccco2)o1)N1C(=O)[C@H]2CC=CC[C@H]2C1=O. The third kappa shape index (κ3) is 3.05. The van der Waals surface area contributed by atoms with E-state index in [1.165, 1.54) is 13.2 Å². The van der Waals surface area contributed by atoms with Crippen molar-refractivity contribution < 1.29 is 28.0 Å². The van der Waals surface area contributed by atoms with Crippen LogP contribution < -0.4 is 0 Å². The van der Waals surface area contributed by atoms with Gasteiger partial charge in [-0.2, -0.15) is 0 Å². The molecule has 3 atom stereocenters. The van der Waals surface area contributed by atoms with Crippen LogP contribution in [0.25, 0.3) is 11.7 Å². The number of esters is 1. The Labute approximate surface area is 154 Å². The van der Waals surface area contributed by atoms with Crippen molar-refractivity contribution in [1.29, 1.82) is 0 Å². The number of hydrogen-bond acceptors (Lipinski definition) is 8. The van der Waals surface area contributed by atoms with E-state index in [0.29, 0.717) is 18.6 Å². The molecule has 9 nitrogen and oxygen atoms in total. The van der Waals surface area contributed by atoms with E-state index < -0.39 is 12.0 Å². The van der Waals surface area contributed by atoms with Crippen LogP contribution in [0.5, 0.6) is 0 Å². The lowest BCUT2D eigenvalue weighted by atomic mass is 9.85. The van der Waals surface area contributed by atoms with Crippen LogP contribution in [0.1, 0.15) is 25.7 Å². The fourth-order valence-electron chi connectivity index (χ4n) is 3.38. The molecule has 0 radical (unpaired) electrons. The van der Waals surface area contributed by atoms with Crippen molar-refractivity contribution in [2.24, 2.45) is 11.8 Å². The minimum Gasteiger partial charge on any atom is -0.459 e. The van der Waals surface area contributed by atoms with Crippen LogP contribution in [-0.2, 0) is 25.7 Å². The van der Waals surface area contributed by atoms with Gasteiger partial charge in [0.05, 0.1) is 18.1 Å². The van der Waals surface area contributed by atoms with Crippen molar-refractivity contribution in [3.05, 3.63) is 36.4 Å². The summed E-state index contributed by atoms with van der Waals surface area (Å²) in [6.45, 7) is 1.21. The number of ether oxygens (including phenoxy) is 1. The summed E-state index contributed by atoms with van der Waals surface area (Å²) >= 11 is 0. The average Bonchev–Trinajstić information content (AvgIpc) is 3.41. The third-order valence-corrected chi connectivity index (χ3v) is 4.81. The first-order chi connectivity index (χ1) is 13.1. The summed E-state index contributed by atoms with van der Waals surface area (Å²) in [5.41, 5.74) is 0. The van der Waals surface area contributed by atoms with Gasteiger partial charge in [0.1, 0.15) is 6.04 Å². The molecule has 140 valence electrons. The number of carbonyl (C=O) groups is 3. The van der Waals surface area contributed by atoms with Gasteiger partial charge in [0.2, 0.25) is 11.8 Å². The van der Waals surface area contributed by atoms with E-state index in [4.69, 9.17) is 13.6 Å². The van der Waals surface area contributed by atoms with E-state index in [0.717, 1.165) is 4.90 Å². The second-order valence-corrected chi connectivity index (χ2v) is 6.46. The molecule has 4 rings (SSSR count). The van der Waals surface area contributed by atoms with Gasteiger partial charge >= 0.3 is 5.97 Å². The maximum Gasteiger partial charge on any atom is 0.329 e. The molecule has 0 saturated carbocycles. The van der Waals surface area contributed by atoms with Gasteiger partial charge in [-0.05, 0) is 31.9 Å². The largest absolute Gasteiger partial charge is 0.459 e. The molecule has 0 spiro atoms. The number of aromatic nitrogens is 2. The minimum atomic E-state index is -1.01. The van der Waals surface area contributed by atoms with Crippen LogP contribution in [0.3, 0.4) is 0 Å². The Kier molecular flexibility index (Phi) is 4.35. The highest BCUT2D eigenvalue weighted by Crippen LogP contribution is 2.36. The third-order valence-electron chi connectivity index (χ3n) is 4.81. The summed E-state index contributed by atoms with van der Waals surface area (Å²) in [7, 11) is 0. The summed E-state index contributed by atoms with van der Waals surface area (Å²) < 4.78 is 15.7. The van der Waals surface area contributed by atoms with Crippen LogP contribution in [0.4, 0.5) is 0 Å². The highest BCUT2D eigenvalue weighted by atomic mass is 16.5. The summed E-state index contributed by atoms with van der Waals surface area (Å²) in [6, 6.07) is 2.32. The number of imide groups is 1. The van der Waals surface area contributed by atoms with E-state index in [-0.39, 0.29) is 42.0 Å². The molecule has 0 N–H and O–H groups in total. The Bertz CT molecular complexity index is 874. The standard InChI is InChI=1S/C18H17N3O6/c1-10(21-16(22)11-5-2-3-6-12(11)17(21)23)18(24)26-9-14-19-20-15(27-14)13-7-4-8-25-13/h2-4,7-8,10-12H,5-6,9H2,1H3/t10-,11-,12+/m0/s1. The zero-order valence-electron chi connectivity index (χ0n) is 14.5. The van der Waals surface area contributed by atoms with Crippen molar-refractivity contribution in [2.75, 3.05) is 0 Å². The number of hydrogen-bond donors (Lipinski definition) is 0. The van der Waals surface area contributed by atoms with Gasteiger partial charge in [-0.1, -0.05) is 12.2 Å². The normalized spacial score (nSPS) is 22.8. The molecule has 2 aromatic heterocycles. The number of likely N-dealkylation sites (tertiary alicyclic amines) is 1. The van der Waals surface area contributed by atoms with Gasteiger partial charge in [-0.3, -0.25) is 14.5 Å². The lowest BCUT2D eigenvalue weighted by Gasteiger charge is -2.21. The van der Waals surface area contributed by atoms with Gasteiger partial charge in [0, 0.05) is 0 Å². The summed E-state index contributed by atoms with van der Waals surface area (Å²) in [5, 5.41) is 7.58. The predicted molar refractivity (Wildman–Crippen MR) is 88.5 cm³/mol. The minimum absolute atomic E-state index is 0.0823. The van der Waals surface area contributed by atoms with Gasteiger partial charge < -0.3 is 13.6 Å². The molecule has 27 heavy (non-hydrogen) atoms. The maximum absolute atomic E-state index is 12.5. The average molecular weight is 371 g/mol. The molecule has 1 fully saturated rings. The lowest BCUT2D eigenvalue weighted by Crippen LogP contribution is -2.44. The molecule has 0 unspecified atom stereocenters. The van der Waals surface area contributed by atoms with Crippen LogP contribution in [0.15, 0.2) is 39.4 Å². The molecule has 2 aliphatic rings. The lowest BCUT2D eigenvalue weighted by molar-refractivity contribution is -0.159. The molecular formula is C18H17N3O6. The maximum atomic E-state index is 12.5. The molecule has 2 aromatic rings. The van der Waals surface area contributed by atoms with Gasteiger partial charge in [-0.15, -0.1) is 10.2 Å². The number of carbonyl (C=O) groups excluding carboxylic acids is 3. The molecule has 0 aromatic carbocycles. The van der Waals surface area contributed by atoms with Gasteiger partial charge in [-0.25, -0.2) is 4.79 Å². The van der Waals surface area contributed by atoms with Crippen molar-refractivity contribution in [2.45, 2.75) is 32.4 Å².